The number of nitrogens with zero attached hydrogens (tertiary/aromatic N) is 1. The van der Waals surface area contributed by atoms with E-state index in [1.165, 1.54) is 17.6 Å². The lowest BCUT2D eigenvalue weighted by atomic mass is 9.84. The molecule has 2 heteroatoms. The maximum absolute atomic E-state index is 9.06. The highest BCUT2D eigenvalue weighted by molar-refractivity contribution is 6.05. The average molecular weight is 215 g/mol. The van der Waals surface area contributed by atoms with Gasteiger partial charge in [-0.1, -0.05) is 42.4 Å². The maximum Gasteiger partial charge on any atom is 0.0855 e. The highest BCUT2D eigenvalue weighted by Gasteiger charge is 2.21. The van der Waals surface area contributed by atoms with E-state index in [0.717, 1.165) is 18.6 Å². The van der Waals surface area contributed by atoms with Crippen molar-refractivity contribution in [2.45, 2.75) is 26.2 Å². The second-order valence-electron chi connectivity index (χ2n) is 4.36. The van der Waals surface area contributed by atoms with Crippen molar-refractivity contribution in [3.63, 3.8) is 0 Å². The number of oxime groups is 1. The van der Waals surface area contributed by atoms with E-state index >= 15 is 0 Å². The predicted molar refractivity (Wildman–Crippen MR) is 66.7 cm³/mol. The van der Waals surface area contributed by atoms with Crippen LogP contribution in [0, 0.1) is 5.92 Å². The lowest BCUT2D eigenvalue weighted by Gasteiger charge is -2.22. The predicted octanol–water partition coefficient (Wildman–Crippen LogP) is 3.72. The molecular formula is C14H17NO. The molecule has 16 heavy (non-hydrogen) atoms. The molecule has 1 aliphatic rings. The first kappa shape index (κ1) is 10.9. The van der Waals surface area contributed by atoms with Crippen LogP contribution in [0.25, 0.3) is 6.08 Å². The highest BCUT2D eigenvalue weighted by Crippen LogP contribution is 2.27. The molecule has 1 aromatic rings. The van der Waals surface area contributed by atoms with E-state index in [1.807, 2.05) is 18.2 Å². The maximum atomic E-state index is 9.06. The Balaban J connectivity index is 2.29. The Hall–Kier alpha value is -1.57. The summed E-state index contributed by atoms with van der Waals surface area (Å²) in [6.45, 7) is 2.12. The molecule has 1 aliphatic carbocycles. The zero-order valence-corrected chi connectivity index (χ0v) is 9.56. The lowest BCUT2D eigenvalue weighted by Crippen LogP contribution is -2.19. The van der Waals surface area contributed by atoms with E-state index in [-0.39, 0.29) is 0 Å². The summed E-state index contributed by atoms with van der Waals surface area (Å²) in [5.41, 5.74) is 3.20. The minimum atomic E-state index is 0.369. The Bertz CT molecular complexity index is 406. The Morgan fingerprint density at radius 1 is 1.31 bits per heavy atom. The molecule has 1 atom stereocenters. The van der Waals surface area contributed by atoms with Crippen LogP contribution < -0.4 is 0 Å². The minimum absolute atomic E-state index is 0.369. The van der Waals surface area contributed by atoms with Crippen LogP contribution in [0.1, 0.15) is 31.7 Å². The molecule has 0 aromatic heterocycles. The number of hydrogen-bond acceptors (Lipinski definition) is 2. The van der Waals surface area contributed by atoms with Crippen molar-refractivity contribution in [1.82, 2.24) is 0 Å². The van der Waals surface area contributed by atoms with Gasteiger partial charge in [0.25, 0.3) is 0 Å². The molecule has 1 N–H and O–H groups in total. The summed E-state index contributed by atoms with van der Waals surface area (Å²) in [5.74, 6) is 0.369. The van der Waals surface area contributed by atoms with Gasteiger partial charge in [0.1, 0.15) is 0 Å². The van der Waals surface area contributed by atoms with Gasteiger partial charge in [0, 0.05) is 5.92 Å². The van der Waals surface area contributed by atoms with Gasteiger partial charge >= 0.3 is 0 Å². The normalized spacial score (nSPS) is 26.2. The van der Waals surface area contributed by atoms with Crippen molar-refractivity contribution in [2.75, 3.05) is 0 Å². The molecular weight excluding hydrogens is 198 g/mol. The molecule has 0 radical (unpaired) electrons. The largest absolute Gasteiger partial charge is 0.411 e. The Labute approximate surface area is 96.3 Å². The summed E-state index contributed by atoms with van der Waals surface area (Å²) in [5, 5.41) is 12.5. The molecule has 1 saturated carbocycles. The summed E-state index contributed by atoms with van der Waals surface area (Å²) in [7, 11) is 0. The summed E-state index contributed by atoms with van der Waals surface area (Å²) in [6, 6.07) is 10.2. The van der Waals surface area contributed by atoms with E-state index in [1.54, 1.807) is 0 Å². The SMILES string of the molecule is CC1CCCC(=C/c2ccccc2)/C1=N/O. The number of allylic oxidation sites excluding steroid dienone is 1. The fraction of sp³-hybridized carbons (Fsp3) is 0.357. The zero-order chi connectivity index (χ0) is 11.4. The summed E-state index contributed by atoms with van der Waals surface area (Å²) >= 11 is 0. The quantitative estimate of drug-likeness (QED) is 0.562. The van der Waals surface area contributed by atoms with E-state index in [4.69, 9.17) is 5.21 Å². The van der Waals surface area contributed by atoms with Crippen LogP contribution in [0.2, 0.25) is 0 Å². The van der Waals surface area contributed by atoms with Gasteiger partial charge in [-0.05, 0) is 36.5 Å². The topological polar surface area (TPSA) is 32.6 Å². The van der Waals surface area contributed by atoms with Crippen molar-refractivity contribution in [1.29, 1.82) is 0 Å². The monoisotopic (exact) mass is 215 g/mol. The number of benzene rings is 1. The number of rotatable bonds is 1. The van der Waals surface area contributed by atoms with Gasteiger partial charge < -0.3 is 5.21 Å². The van der Waals surface area contributed by atoms with E-state index in [0.29, 0.717) is 5.92 Å². The van der Waals surface area contributed by atoms with Crippen molar-refractivity contribution in [3.8, 4) is 0 Å². The minimum Gasteiger partial charge on any atom is -0.411 e. The molecule has 0 spiro atoms. The molecule has 1 unspecified atom stereocenters. The highest BCUT2D eigenvalue weighted by atomic mass is 16.4. The molecule has 0 bridgehead atoms. The van der Waals surface area contributed by atoms with Crippen molar-refractivity contribution < 1.29 is 5.21 Å². The van der Waals surface area contributed by atoms with Crippen molar-refractivity contribution >= 4 is 11.8 Å². The molecule has 1 fully saturated rings. The third-order valence-corrected chi connectivity index (χ3v) is 3.13. The van der Waals surface area contributed by atoms with Crippen LogP contribution in [-0.2, 0) is 0 Å². The molecule has 2 nitrogen and oxygen atoms in total. The first-order chi connectivity index (χ1) is 7.81. The summed E-state index contributed by atoms with van der Waals surface area (Å²) in [4.78, 5) is 0. The van der Waals surface area contributed by atoms with Crippen molar-refractivity contribution in [3.05, 3.63) is 41.5 Å². The molecule has 0 saturated heterocycles. The van der Waals surface area contributed by atoms with Crippen LogP contribution in [0.5, 0.6) is 0 Å². The van der Waals surface area contributed by atoms with Gasteiger partial charge in [0.2, 0.25) is 0 Å². The molecule has 0 heterocycles. The van der Waals surface area contributed by atoms with Gasteiger partial charge in [-0.2, -0.15) is 0 Å². The lowest BCUT2D eigenvalue weighted by molar-refractivity contribution is 0.313. The van der Waals surface area contributed by atoms with Gasteiger partial charge in [0.15, 0.2) is 0 Å². The Morgan fingerprint density at radius 3 is 2.75 bits per heavy atom. The van der Waals surface area contributed by atoms with Gasteiger partial charge in [-0.25, -0.2) is 0 Å². The van der Waals surface area contributed by atoms with Crippen LogP contribution in [0.15, 0.2) is 41.1 Å². The van der Waals surface area contributed by atoms with Crippen LogP contribution in [0.4, 0.5) is 0 Å². The summed E-state index contributed by atoms with van der Waals surface area (Å²) in [6.07, 6.45) is 5.44. The number of hydrogen-bond donors (Lipinski definition) is 1. The Morgan fingerprint density at radius 2 is 2.06 bits per heavy atom. The smallest absolute Gasteiger partial charge is 0.0855 e. The van der Waals surface area contributed by atoms with E-state index in [9.17, 15) is 0 Å². The zero-order valence-electron chi connectivity index (χ0n) is 9.56. The second-order valence-corrected chi connectivity index (χ2v) is 4.36. The Kier molecular flexibility index (Phi) is 3.40. The van der Waals surface area contributed by atoms with Crippen LogP contribution in [-0.4, -0.2) is 10.9 Å². The third kappa shape index (κ3) is 2.32. The van der Waals surface area contributed by atoms with Crippen LogP contribution >= 0.6 is 0 Å². The third-order valence-electron chi connectivity index (χ3n) is 3.13. The average Bonchev–Trinajstić information content (AvgIpc) is 2.31. The fourth-order valence-electron chi connectivity index (χ4n) is 2.24. The second kappa shape index (κ2) is 4.97. The molecule has 84 valence electrons. The van der Waals surface area contributed by atoms with Gasteiger partial charge in [0.05, 0.1) is 5.71 Å². The molecule has 0 aliphatic heterocycles. The fourth-order valence-corrected chi connectivity index (χ4v) is 2.24. The standard InChI is InChI=1S/C14H17NO/c1-11-6-5-9-13(14(11)15-16)10-12-7-3-2-4-8-12/h2-4,7-8,10-11,16H,5-6,9H2,1H3/b13-10-,15-14+. The summed E-state index contributed by atoms with van der Waals surface area (Å²) < 4.78 is 0. The van der Waals surface area contributed by atoms with Gasteiger partial charge in [-0.3, -0.25) is 0 Å². The molecule has 2 rings (SSSR count). The van der Waals surface area contributed by atoms with E-state index < -0.39 is 0 Å². The molecule has 0 amide bonds. The first-order valence-corrected chi connectivity index (χ1v) is 5.79. The first-order valence-electron chi connectivity index (χ1n) is 5.79. The van der Waals surface area contributed by atoms with Crippen molar-refractivity contribution in [2.24, 2.45) is 11.1 Å². The van der Waals surface area contributed by atoms with E-state index in [2.05, 4.69) is 30.3 Å². The van der Waals surface area contributed by atoms with Gasteiger partial charge in [-0.15, -0.1) is 0 Å². The van der Waals surface area contributed by atoms with Crippen LogP contribution in [0.3, 0.4) is 0 Å². The molecule has 1 aromatic carbocycles.